The molecule has 4 heterocycles. The number of aromatic nitrogens is 1. The summed E-state index contributed by atoms with van der Waals surface area (Å²) in [6.07, 6.45) is 5.73. The highest BCUT2D eigenvalue weighted by molar-refractivity contribution is 6.02. The molecule has 3 saturated heterocycles. The van der Waals surface area contributed by atoms with Crippen LogP contribution in [-0.4, -0.2) is 28.6 Å². The van der Waals surface area contributed by atoms with Crippen molar-refractivity contribution in [2.45, 2.75) is 51.5 Å². The van der Waals surface area contributed by atoms with Crippen molar-refractivity contribution in [2.24, 2.45) is 11.8 Å². The fourth-order valence-electron chi connectivity index (χ4n) is 8.77. The smallest absolute Gasteiger partial charge is 0.135 e. The van der Waals surface area contributed by atoms with Crippen molar-refractivity contribution in [3.05, 3.63) is 138 Å². The van der Waals surface area contributed by atoms with E-state index in [1.54, 1.807) is 0 Å². The molecule has 45 heavy (non-hydrogen) atoms. The molecule has 0 aliphatic carbocycles. The average molecular weight is 658 g/mol. The number of fused-ring (bicyclic) bond motifs is 6. The minimum absolute atomic E-state index is 0. The number of halogens is 1. The lowest BCUT2D eigenvalue weighted by molar-refractivity contribution is -0.985. The summed E-state index contributed by atoms with van der Waals surface area (Å²) in [5, 5.41) is 6.69. The number of ether oxygens (including phenoxy) is 1. The van der Waals surface area contributed by atoms with Crippen molar-refractivity contribution in [3.63, 3.8) is 0 Å². The van der Waals surface area contributed by atoms with Crippen molar-refractivity contribution in [3.8, 4) is 0 Å². The topological polar surface area (TPSA) is 22.1 Å². The van der Waals surface area contributed by atoms with Crippen LogP contribution in [0.1, 0.15) is 49.0 Å². The van der Waals surface area contributed by atoms with Gasteiger partial charge in [-0.1, -0.05) is 104 Å². The van der Waals surface area contributed by atoms with Crippen LogP contribution in [0.25, 0.3) is 32.4 Å². The Labute approximate surface area is 277 Å². The summed E-state index contributed by atoms with van der Waals surface area (Å²) in [6.45, 7) is 6.47. The van der Waals surface area contributed by atoms with Crippen LogP contribution >= 0.6 is 0 Å². The monoisotopic (exact) mass is 656 g/mol. The summed E-state index contributed by atoms with van der Waals surface area (Å²) in [6, 6.07) is 42.3. The number of hydrogen-bond donors (Lipinski definition) is 0. The summed E-state index contributed by atoms with van der Waals surface area (Å²) in [5.41, 5.74) is 5.06. The molecule has 2 bridgehead atoms. The molecule has 4 heteroatoms. The normalized spacial score (nSPS) is 23.3. The number of rotatable bonds is 8. The first kappa shape index (κ1) is 30.1. The first-order valence-electron chi connectivity index (χ1n) is 16.5. The van der Waals surface area contributed by atoms with E-state index >= 15 is 0 Å². The zero-order valence-corrected chi connectivity index (χ0v) is 27.6. The van der Waals surface area contributed by atoms with Crippen LogP contribution in [0.3, 0.4) is 0 Å². The minimum Gasteiger partial charge on any atom is -1.00 e. The number of benzene rings is 5. The van der Waals surface area contributed by atoms with Gasteiger partial charge in [0.05, 0.1) is 25.2 Å². The second-order valence-corrected chi connectivity index (χ2v) is 13.2. The van der Waals surface area contributed by atoms with Gasteiger partial charge in [-0.3, -0.25) is 4.98 Å². The molecule has 3 nitrogen and oxygen atoms in total. The predicted molar refractivity (Wildman–Crippen MR) is 181 cm³/mol. The molecule has 0 spiro atoms. The van der Waals surface area contributed by atoms with E-state index in [0.717, 1.165) is 28.4 Å². The third kappa shape index (κ3) is 5.48. The van der Waals surface area contributed by atoms with Gasteiger partial charge in [0, 0.05) is 35.9 Å². The number of para-hydroxylation sites is 1. The first-order valence-corrected chi connectivity index (χ1v) is 16.5. The molecule has 6 aromatic rings. The lowest BCUT2D eigenvalue weighted by atomic mass is 9.70. The molecule has 0 saturated carbocycles. The predicted octanol–water partition coefficient (Wildman–Crippen LogP) is 6.64. The Morgan fingerprint density at radius 3 is 2.20 bits per heavy atom. The Morgan fingerprint density at radius 2 is 1.47 bits per heavy atom. The Kier molecular flexibility index (Phi) is 8.48. The van der Waals surface area contributed by atoms with E-state index in [2.05, 4.69) is 122 Å². The van der Waals surface area contributed by atoms with Gasteiger partial charge < -0.3 is 26.2 Å². The van der Waals surface area contributed by atoms with Gasteiger partial charge in [0.2, 0.25) is 0 Å². The van der Waals surface area contributed by atoms with Gasteiger partial charge in [0.1, 0.15) is 18.7 Å². The molecule has 1 aromatic heterocycles. The molecule has 9 rings (SSSR count). The van der Waals surface area contributed by atoms with Crippen molar-refractivity contribution in [1.82, 2.24) is 4.98 Å². The number of quaternary nitrogens is 1. The van der Waals surface area contributed by atoms with E-state index in [4.69, 9.17) is 9.72 Å². The Bertz CT molecular complexity index is 1880. The molecule has 5 aromatic carbocycles. The van der Waals surface area contributed by atoms with Crippen molar-refractivity contribution in [2.75, 3.05) is 13.1 Å². The second-order valence-electron chi connectivity index (χ2n) is 13.2. The first-order chi connectivity index (χ1) is 21.7. The number of piperidine rings is 3. The largest absolute Gasteiger partial charge is 1.00 e. The highest BCUT2D eigenvalue weighted by Crippen LogP contribution is 2.50. The van der Waals surface area contributed by atoms with Gasteiger partial charge in [-0.15, -0.1) is 0 Å². The second kappa shape index (κ2) is 12.7. The molecule has 0 amide bonds. The number of hydrogen-bond acceptors (Lipinski definition) is 2. The van der Waals surface area contributed by atoms with Gasteiger partial charge in [-0.2, -0.15) is 0 Å². The van der Waals surface area contributed by atoms with Crippen LogP contribution < -0.4 is 17.0 Å². The molecule has 0 unspecified atom stereocenters. The van der Waals surface area contributed by atoms with E-state index in [1.807, 2.05) is 6.20 Å². The fourth-order valence-corrected chi connectivity index (χ4v) is 8.77. The van der Waals surface area contributed by atoms with Gasteiger partial charge in [0.15, 0.2) is 0 Å². The van der Waals surface area contributed by atoms with Crippen LogP contribution in [0.2, 0.25) is 0 Å². The maximum Gasteiger partial charge on any atom is 0.135 e. The molecule has 3 aliphatic rings. The molecule has 0 N–H and O–H groups in total. The summed E-state index contributed by atoms with van der Waals surface area (Å²) >= 11 is 0. The SMILES string of the molecule is CC[C@H]1C[N@+]2(Cc3c4ccccc4cc4ccccc34)CC[C@H]1C[C@H]2[C@H](OCc1ccccc1)c1ccnc2ccccc12.[Br-]. The van der Waals surface area contributed by atoms with E-state index in [1.165, 1.54) is 76.0 Å². The molecular weight excluding hydrogens is 616 g/mol. The minimum atomic E-state index is -0.0232. The van der Waals surface area contributed by atoms with Crippen molar-refractivity contribution >= 4 is 32.4 Å². The number of nitrogens with zero attached hydrogens (tertiary/aromatic N) is 2. The average Bonchev–Trinajstić information content (AvgIpc) is 3.09. The van der Waals surface area contributed by atoms with Crippen molar-refractivity contribution < 1.29 is 26.2 Å². The van der Waals surface area contributed by atoms with E-state index in [-0.39, 0.29) is 23.1 Å². The molecule has 5 atom stereocenters. The van der Waals surface area contributed by atoms with Crippen LogP contribution in [-0.2, 0) is 17.9 Å². The molecule has 3 fully saturated rings. The molecule has 0 radical (unpaired) electrons. The molecular formula is C41H41BrN2O. The number of pyridine rings is 1. The van der Waals surface area contributed by atoms with Crippen LogP contribution in [0, 0.1) is 11.8 Å². The van der Waals surface area contributed by atoms with Crippen LogP contribution in [0.4, 0.5) is 0 Å². The van der Waals surface area contributed by atoms with Crippen LogP contribution in [0.5, 0.6) is 0 Å². The summed E-state index contributed by atoms with van der Waals surface area (Å²) < 4.78 is 8.26. The van der Waals surface area contributed by atoms with E-state index < -0.39 is 0 Å². The molecule has 3 aliphatic heterocycles. The fraction of sp³-hybridized carbons (Fsp3) is 0.293. The lowest BCUT2D eigenvalue weighted by Gasteiger charge is -2.59. The van der Waals surface area contributed by atoms with Gasteiger partial charge in [-0.25, -0.2) is 0 Å². The zero-order chi connectivity index (χ0) is 29.5. The maximum absolute atomic E-state index is 7.18. The summed E-state index contributed by atoms with van der Waals surface area (Å²) in [5.74, 6) is 1.51. The Hall–Kier alpha value is -3.57. The van der Waals surface area contributed by atoms with E-state index in [9.17, 15) is 0 Å². The third-order valence-corrected chi connectivity index (χ3v) is 10.9. The standard InChI is InChI=1S/C41H41N2O.BrH/c1-2-30-26-43(27-38-34-16-8-6-14-32(34)24-33-15-7-9-17-35(33)38)23-21-31(30)25-40(43)41(44-28-29-12-4-3-5-13-29)37-20-22-42-39-19-11-10-18-36(37)39;/h3-20,22,24,30-31,40-41H,2,21,23,25-28H2,1H3;1H/q+1;/p-1/t30-,31-,40-,41+,43-;/m0./s1. The van der Waals surface area contributed by atoms with Crippen molar-refractivity contribution in [1.29, 1.82) is 0 Å². The van der Waals surface area contributed by atoms with Gasteiger partial charge >= 0.3 is 0 Å². The van der Waals surface area contributed by atoms with Crippen LogP contribution in [0.15, 0.2) is 121 Å². The summed E-state index contributed by atoms with van der Waals surface area (Å²) in [7, 11) is 0. The van der Waals surface area contributed by atoms with E-state index in [0.29, 0.717) is 12.6 Å². The Balaban J connectivity index is 0.00000325. The quantitative estimate of drug-likeness (QED) is 0.135. The third-order valence-electron chi connectivity index (χ3n) is 10.9. The highest BCUT2D eigenvalue weighted by Gasteiger charge is 2.55. The van der Waals surface area contributed by atoms with Gasteiger partial charge in [0.25, 0.3) is 0 Å². The maximum atomic E-state index is 7.18. The molecule has 228 valence electrons. The Morgan fingerprint density at radius 1 is 0.800 bits per heavy atom. The lowest BCUT2D eigenvalue weighted by Crippen LogP contribution is -3.00. The van der Waals surface area contributed by atoms with Gasteiger partial charge in [-0.05, 0) is 63.2 Å². The highest BCUT2D eigenvalue weighted by atomic mass is 79.9. The zero-order valence-electron chi connectivity index (χ0n) is 26.0. The summed E-state index contributed by atoms with van der Waals surface area (Å²) in [4.78, 5) is 4.75.